The lowest BCUT2D eigenvalue weighted by Crippen LogP contribution is -2.48. The van der Waals surface area contributed by atoms with Crippen molar-refractivity contribution in [1.82, 2.24) is 9.13 Å². The van der Waals surface area contributed by atoms with Gasteiger partial charge in [-0.25, -0.2) is 0 Å². The van der Waals surface area contributed by atoms with Crippen molar-refractivity contribution in [2.75, 3.05) is 0 Å². The monoisotopic (exact) mass is 734 g/mol. The highest BCUT2D eigenvalue weighted by molar-refractivity contribution is 6.69. The molecule has 0 N–H and O–H groups in total. The first-order chi connectivity index (χ1) is 28.2. The van der Waals surface area contributed by atoms with Crippen LogP contribution in [0.15, 0.2) is 144 Å². The van der Waals surface area contributed by atoms with Gasteiger partial charge in [0.15, 0.2) is 5.58 Å². The number of furan rings is 1. The number of para-hydroxylation sites is 3. The van der Waals surface area contributed by atoms with Gasteiger partial charge < -0.3 is 13.6 Å². The SMILES string of the molecule is Bc1c(B)c(B)c2c(c1B)c1c(B)c(-c3ccc4c(c3)c3c(-c5ccccc5)cccc3n4-c3ccccc3)c(B)c(B)c1n2-c1cccc2c1oc1ccccc12. The molecule has 58 heavy (non-hydrogen) atoms. The third-order valence-electron chi connectivity index (χ3n) is 13.4. The third kappa shape index (κ3) is 4.72. The Balaban J connectivity index is 1.26. The molecule has 0 saturated carbocycles. The van der Waals surface area contributed by atoms with Crippen molar-refractivity contribution in [3.63, 3.8) is 0 Å². The van der Waals surface area contributed by atoms with E-state index in [0.717, 1.165) is 33.3 Å². The maximum Gasteiger partial charge on any atom is 0.159 e. The van der Waals surface area contributed by atoms with Crippen LogP contribution in [0.1, 0.15) is 0 Å². The van der Waals surface area contributed by atoms with Crippen molar-refractivity contribution in [2.24, 2.45) is 0 Å². The zero-order chi connectivity index (χ0) is 39.6. The largest absolute Gasteiger partial charge is 0.454 e. The smallest absolute Gasteiger partial charge is 0.159 e. The van der Waals surface area contributed by atoms with Crippen LogP contribution in [0.25, 0.3) is 99.2 Å². The van der Waals surface area contributed by atoms with Crippen molar-refractivity contribution < 1.29 is 4.42 Å². The molecule has 0 spiro atoms. The lowest BCUT2D eigenvalue weighted by atomic mass is 9.64. The average Bonchev–Trinajstić information content (AvgIpc) is 3.93. The summed E-state index contributed by atoms with van der Waals surface area (Å²) in [6, 6.07) is 50.5. The van der Waals surface area contributed by atoms with Gasteiger partial charge >= 0.3 is 0 Å². The summed E-state index contributed by atoms with van der Waals surface area (Å²) in [7, 11) is 16.2. The number of benzene rings is 8. The maximum absolute atomic E-state index is 6.75. The van der Waals surface area contributed by atoms with E-state index in [0.29, 0.717) is 0 Å². The number of nitrogens with zero attached hydrogens (tertiary/aromatic N) is 2. The lowest BCUT2D eigenvalue weighted by molar-refractivity contribution is 0.666. The first-order valence-corrected chi connectivity index (χ1v) is 20.4. The topological polar surface area (TPSA) is 23.0 Å². The second kappa shape index (κ2) is 12.8. The zero-order valence-electron chi connectivity index (χ0n) is 34.1. The van der Waals surface area contributed by atoms with Crippen LogP contribution in [-0.2, 0) is 0 Å². The van der Waals surface area contributed by atoms with Crippen molar-refractivity contribution in [3.05, 3.63) is 140 Å². The summed E-state index contributed by atoms with van der Waals surface area (Å²) in [4.78, 5) is 0. The average molecular weight is 734 g/mol. The van der Waals surface area contributed by atoms with E-state index < -0.39 is 0 Å². The summed E-state index contributed by atoms with van der Waals surface area (Å²) in [6.07, 6.45) is 0. The number of hydrogen-bond donors (Lipinski definition) is 0. The second-order valence-corrected chi connectivity index (χ2v) is 16.3. The molecule has 0 bridgehead atoms. The summed E-state index contributed by atoms with van der Waals surface area (Å²) < 4.78 is 11.7. The van der Waals surface area contributed by atoms with Gasteiger partial charge in [-0.2, -0.15) is 0 Å². The Morgan fingerprint density at radius 3 is 1.81 bits per heavy atom. The molecule has 0 radical (unpaired) electrons. The molecule has 0 atom stereocenters. The fraction of sp³-hybridized carbons (Fsp3) is 0. The van der Waals surface area contributed by atoms with Gasteiger partial charge in [-0.3, -0.25) is 0 Å². The van der Waals surface area contributed by atoms with Crippen molar-refractivity contribution in [2.45, 2.75) is 0 Å². The zero-order valence-corrected chi connectivity index (χ0v) is 34.1. The van der Waals surface area contributed by atoms with E-state index in [-0.39, 0.29) is 0 Å². The summed E-state index contributed by atoms with van der Waals surface area (Å²) in [5, 5.41) is 7.47. The molecule has 3 nitrogen and oxygen atoms in total. The van der Waals surface area contributed by atoms with E-state index >= 15 is 0 Å². The Morgan fingerprint density at radius 1 is 0.397 bits per heavy atom. The first-order valence-electron chi connectivity index (χ1n) is 20.4. The van der Waals surface area contributed by atoms with Gasteiger partial charge in [0.05, 0.1) is 16.7 Å². The summed E-state index contributed by atoms with van der Waals surface area (Å²) in [5.41, 5.74) is 23.2. The quantitative estimate of drug-likeness (QED) is 0.247. The van der Waals surface area contributed by atoms with Crippen molar-refractivity contribution >= 4 is 159 Å². The predicted octanol–water partition coefficient (Wildman–Crippen LogP) is 0.923. The van der Waals surface area contributed by atoms with Crippen LogP contribution in [0.3, 0.4) is 0 Å². The number of aromatic nitrogens is 2. The molecule has 3 aromatic heterocycles. The van der Waals surface area contributed by atoms with E-state index in [1.54, 1.807) is 0 Å². The first kappa shape index (κ1) is 34.8. The predicted molar refractivity (Wildman–Crippen MR) is 271 cm³/mol. The Kier molecular flexibility index (Phi) is 7.69. The van der Waals surface area contributed by atoms with Crippen LogP contribution in [0, 0.1) is 0 Å². The molecule has 0 aliphatic heterocycles. The number of rotatable bonds is 4. The van der Waals surface area contributed by atoms with E-state index in [9.17, 15) is 0 Å². The molecule has 3 heterocycles. The fourth-order valence-corrected chi connectivity index (χ4v) is 10.2. The maximum atomic E-state index is 6.75. The van der Waals surface area contributed by atoms with Gasteiger partial charge in [-0.1, -0.05) is 130 Å². The molecule has 11 aromatic rings. The molecule has 0 aliphatic rings. The Bertz CT molecular complexity index is 3530. The molecular weight excluding hydrogens is 696 g/mol. The molecule has 0 aliphatic carbocycles. The van der Waals surface area contributed by atoms with Gasteiger partial charge in [0.25, 0.3) is 0 Å². The van der Waals surface area contributed by atoms with Crippen LogP contribution < -0.4 is 38.2 Å². The number of hydrogen-bond acceptors (Lipinski definition) is 1. The molecule has 0 amide bonds. The Hall–Kier alpha value is -6.39. The standard InChI is InChI=1S/C48H37B7N2O/c49-39-35(25-21-22-31-30(23-25)36-27(24-11-3-1-4-12-24)16-9-18-32(36)56(31)26-13-5-2-6-14-26)40(50)44(54)46-37(39)38-41(51)42(52)43(53)45(55)47(38)57(46)33-19-10-17-29-28-15-7-8-20-34(28)58-48(29)33/h1-23H,49-55H2. The van der Waals surface area contributed by atoms with E-state index in [2.05, 4.69) is 204 Å². The van der Waals surface area contributed by atoms with E-state index in [1.165, 1.54) is 104 Å². The van der Waals surface area contributed by atoms with E-state index in [1.807, 2.05) is 0 Å². The molecule has 10 heteroatoms. The van der Waals surface area contributed by atoms with E-state index in [4.69, 9.17) is 4.42 Å². The van der Waals surface area contributed by atoms with Gasteiger partial charge in [0.1, 0.15) is 60.5 Å². The van der Waals surface area contributed by atoms with Crippen LogP contribution in [-0.4, -0.2) is 64.1 Å². The van der Waals surface area contributed by atoms with Crippen molar-refractivity contribution in [3.8, 4) is 33.6 Å². The van der Waals surface area contributed by atoms with Gasteiger partial charge in [-0.05, 0) is 70.1 Å². The Labute approximate surface area is 343 Å². The van der Waals surface area contributed by atoms with Gasteiger partial charge in [0, 0.05) is 43.7 Å². The van der Waals surface area contributed by atoms with Crippen molar-refractivity contribution in [1.29, 1.82) is 0 Å². The molecule has 266 valence electrons. The third-order valence-corrected chi connectivity index (χ3v) is 13.4. The molecule has 0 fully saturated rings. The van der Waals surface area contributed by atoms with Crippen LogP contribution >= 0.6 is 0 Å². The highest BCUT2D eigenvalue weighted by Crippen LogP contribution is 2.41. The molecule has 8 aromatic carbocycles. The minimum atomic E-state index is 0.913. The number of fused-ring (bicyclic) bond motifs is 9. The second-order valence-electron chi connectivity index (χ2n) is 16.3. The minimum absolute atomic E-state index is 0.913. The van der Waals surface area contributed by atoms with Gasteiger partial charge in [-0.15, -0.1) is 5.46 Å². The molecule has 11 rings (SSSR count). The van der Waals surface area contributed by atoms with Crippen LogP contribution in [0.4, 0.5) is 0 Å². The minimum Gasteiger partial charge on any atom is -0.454 e. The molecular formula is C48H37B7N2O. The lowest BCUT2D eigenvalue weighted by Gasteiger charge is -2.19. The normalized spacial score (nSPS) is 11.9. The fourth-order valence-electron chi connectivity index (χ4n) is 10.2. The molecule has 0 saturated heterocycles. The summed E-state index contributed by atoms with van der Waals surface area (Å²) >= 11 is 0. The van der Waals surface area contributed by atoms with Crippen LogP contribution in [0.2, 0.25) is 0 Å². The Morgan fingerprint density at radius 2 is 1.03 bits per heavy atom. The molecule has 0 unspecified atom stereocenters. The summed E-state index contributed by atoms with van der Waals surface area (Å²) in [6.45, 7) is 0. The van der Waals surface area contributed by atoms with Gasteiger partial charge in [0.2, 0.25) is 0 Å². The highest BCUT2D eigenvalue weighted by Gasteiger charge is 2.27. The summed E-state index contributed by atoms with van der Waals surface area (Å²) in [5.74, 6) is 0. The highest BCUT2D eigenvalue weighted by atomic mass is 16.3. The van der Waals surface area contributed by atoms with Crippen LogP contribution in [0.5, 0.6) is 0 Å².